The molecule has 1 aliphatic heterocycles. The quantitative estimate of drug-likeness (QED) is 0.678. The molecule has 80 valence electrons. The van der Waals surface area contributed by atoms with Gasteiger partial charge in [-0.1, -0.05) is 13.0 Å². The molecular weight excluding hydrogens is 174 g/mol. The summed E-state index contributed by atoms with van der Waals surface area (Å²) in [6.07, 6.45) is 7.59. The molecule has 0 radical (unpaired) electrons. The van der Waals surface area contributed by atoms with Gasteiger partial charge < -0.3 is 10.1 Å². The number of rotatable bonds is 5. The van der Waals surface area contributed by atoms with Crippen molar-refractivity contribution in [2.75, 3.05) is 26.3 Å². The van der Waals surface area contributed by atoms with Gasteiger partial charge in [-0.05, 0) is 36.7 Å². The lowest BCUT2D eigenvalue weighted by atomic mass is 10.0. The van der Waals surface area contributed by atoms with E-state index in [0.29, 0.717) is 5.41 Å². The molecule has 0 unspecified atom stereocenters. The summed E-state index contributed by atoms with van der Waals surface area (Å²) in [6, 6.07) is 0. The second-order valence-electron chi connectivity index (χ2n) is 4.66. The average Bonchev–Trinajstić information content (AvgIpc) is 3.00. The molecule has 0 aromatic carbocycles. The van der Waals surface area contributed by atoms with Crippen LogP contribution in [-0.2, 0) is 4.74 Å². The Morgan fingerprint density at radius 2 is 2.36 bits per heavy atom. The zero-order valence-corrected chi connectivity index (χ0v) is 9.14. The fourth-order valence-corrected chi connectivity index (χ4v) is 2.05. The van der Waals surface area contributed by atoms with Gasteiger partial charge in [0.25, 0.3) is 0 Å². The van der Waals surface area contributed by atoms with Crippen molar-refractivity contribution in [3.05, 3.63) is 11.6 Å². The van der Waals surface area contributed by atoms with Crippen LogP contribution in [0, 0.1) is 5.41 Å². The zero-order chi connectivity index (χ0) is 9.86. The van der Waals surface area contributed by atoms with Crippen molar-refractivity contribution in [1.29, 1.82) is 0 Å². The summed E-state index contributed by atoms with van der Waals surface area (Å²) in [5.74, 6) is 0. The number of nitrogens with one attached hydrogen (secondary N) is 1. The van der Waals surface area contributed by atoms with E-state index in [-0.39, 0.29) is 0 Å². The maximum atomic E-state index is 5.40. The lowest BCUT2D eigenvalue weighted by molar-refractivity contribution is 0.148. The van der Waals surface area contributed by atoms with Crippen molar-refractivity contribution >= 4 is 0 Å². The van der Waals surface area contributed by atoms with Crippen LogP contribution in [0.25, 0.3) is 0 Å². The van der Waals surface area contributed by atoms with E-state index < -0.39 is 0 Å². The Bertz CT molecular complexity index is 218. The Balaban J connectivity index is 1.65. The van der Waals surface area contributed by atoms with E-state index >= 15 is 0 Å². The minimum absolute atomic E-state index is 0.663. The van der Waals surface area contributed by atoms with Crippen LogP contribution in [0.5, 0.6) is 0 Å². The minimum Gasteiger partial charge on any atom is -0.377 e. The Morgan fingerprint density at radius 3 is 2.93 bits per heavy atom. The second kappa shape index (κ2) is 4.45. The van der Waals surface area contributed by atoms with E-state index in [4.69, 9.17) is 4.74 Å². The van der Waals surface area contributed by atoms with Crippen molar-refractivity contribution in [2.24, 2.45) is 5.41 Å². The highest BCUT2D eigenvalue weighted by atomic mass is 16.5. The molecule has 0 atom stereocenters. The molecule has 0 amide bonds. The van der Waals surface area contributed by atoms with Crippen molar-refractivity contribution < 1.29 is 4.74 Å². The van der Waals surface area contributed by atoms with Crippen LogP contribution in [-0.4, -0.2) is 26.3 Å². The zero-order valence-electron chi connectivity index (χ0n) is 9.14. The van der Waals surface area contributed by atoms with Crippen LogP contribution in [0.4, 0.5) is 0 Å². The summed E-state index contributed by atoms with van der Waals surface area (Å²) in [5.41, 5.74) is 2.10. The van der Waals surface area contributed by atoms with E-state index in [1.165, 1.54) is 31.4 Å². The monoisotopic (exact) mass is 195 g/mol. The van der Waals surface area contributed by atoms with Crippen molar-refractivity contribution in [3.8, 4) is 0 Å². The van der Waals surface area contributed by atoms with E-state index in [1.807, 2.05) is 0 Å². The third kappa shape index (κ3) is 2.58. The van der Waals surface area contributed by atoms with Gasteiger partial charge in [0.2, 0.25) is 0 Å². The molecule has 1 fully saturated rings. The highest BCUT2D eigenvalue weighted by Crippen LogP contribution is 2.47. The largest absolute Gasteiger partial charge is 0.377 e. The van der Waals surface area contributed by atoms with Crippen molar-refractivity contribution in [1.82, 2.24) is 5.32 Å². The Labute approximate surface area is 86.7 Å². The molecule has 0 aromatic rings. The predicted octanol–water partition coefficient (Wildman–Crippen LogP) is 2.11. The standard InChI is InChI=1S/C12H21NO/c1-2-12(5-6-12)10-13-8-11-4-3-7-14-9-11/h4,13H,2-3,5-10H2,1H3. The van der Waals surface area contributed by atoms with E-state index in [2.05, 4.69) is 18.3 Å². The second-order valence-corrected chi connectivity index (χ2v) is 4.66. The first kappa shape index (κ1) is 10.2. The van der Waals surface area contributed by atoms with E-state index in [9.17, 15) is 0 Å². The normalized spacial score (nSPS) is 24.5. The van der Waals surface area contributed by atoms with Gasteiger partial charge in [-0.2, -0.15) is 0 Å². The summed E-state index contributed by atoms with van der Waals surface area (Å²) in [7, 11) is 0. The molecular formula is C12H21NO. The third-order valence-corrected chi connectivity index (χ3v) is 3.54. The molecule has 1 aliphatic carbocycles. The van der Waals surface area contributed by atoms with Gasteiger partial charge in [-0.3, -0.25) is 0 Å². The van der Waals surface area contributed by atoms with Gasteiger partial charge in [0, 0.05) is 13.1 Å². The molecule has 2 nitrogen and oxygen atoms in total. The fraction of sp³-hybridized carbons (Fsp3) is 0.833. The molecule has 2 aliphatic rings. The highest BCUT2D eigenvalue weighted by molar-refractivity contribution is 5.07. The van der Waals surface area contributed by atoms with Crippen LogP contribution in [0.1, 0.15) is 32.6 Å². The van der Waals surface area contributed by atoms with Gasteiger partial charge in [-0.15, -0.1) is 0 Å². The SMILES string of the molecule is CCC1(CNCC2=CCCOC2)CC1. The summed E-state index contributed by atoms with van der Waals surface area (Å²) in [6.45, 7) is 6.27. The Hall–Kier alpha value is -0.340. The smallest absolute Gasteiger partial charge is 0.0689 e. The maximum Gasteiger partial charge on any atom is 0.0689 e. The summed E-state index contributed by atoms with van der Waals surface area (Å²) in [4.78, 5) is 0. The van der Waals surface area contributed by atoms with Crippen LogP contribution in [0.3, 0.4) is 0 Å². The number of ether oxygens (including phenoxy) is 1. The molecule has 14 heavy (non-hydrogen) atoms. The predicted molar refractivity (Wildman–Crippen MR) is 58.3 cm³/mol. The molecule has 0 spiro atoms. The van der Waals surface area contributed by atoms with Crippen LogP contribution < -0.4 is 5.32 Å². The molecule has 0 bridgehead atoms. The molecule has 1 heterocycles. The average molecular weight is 195 g/mol. The van der Waals surface area contributed by atoms with Gasteiger partial charge >= 0.3 is 0 Å². The molecule has 1 saturated carbocycles. The molecule has 2 heteroatoms. The maximum absolute atomic E-state index is 5.40. The Kier molecular flexibility index (Phi) is 3.24. The van der Waals surface area contributed by atoms with E-state index in [0.717, 1.165) is 26.2 Å². The fourth-order valence-electron chi connectivity index (χ4n) is 2.05. The van der Waals surface area contributed by atoms with Gasteiger partial charge in [0.1, 0.15) is 0 Å². The molecule has 0 saturated heterocycles. The first-order chi connectivity index (χ1) is 6.85. The Morgan fingerprint density at radius 1 is 1.50 bits per heavy atom. The highest BCUT2D eigenvalue weighted by Gasteiger charge is 2.39. The minimum atomic E-state index is 0.663. The lowest BCUT2D eigenvalue weighted by Gasteiger charge is -2.17. The van der Waals surface area contributed by atoms with Crippen LogP contribution in [0.15, 0.2) is 11.6 Å². The molecule has 1 N–H and O–H groups in total. The van der Waals surface area contributed by atoms with Crippen molar-refractivity contribution in [2.45, 2.75) is 32.6 Å². The number of hydrogen-bond acceptors (Lipinski definition) is 2. The lowest BCUT2D eigenvalue weighted by Crippen LogP contribution is -2.27. The van der Waals surface area contributed by atoms with Crippen LogP contribution >= 0.6 is 0 Å². The molecule has 0 aromatic heterocycles. The first-order valence-electron chi connectivity index (χ1n) is 5.81. The van der Waals surface area contributed by atoms with E-state index in [1.54, 1.807) is 0 Å². The third-order valence-electron chi connectivity index (χ3n) is 3.54. The van der Waals surface area contributed by atoms with Crippen molar-refractivity contribution in [3.63, 3.8) is 0 Å². The molecule has 2 rings (SSSR count). The van der Waals surface area contributed by atoms with Gasteiger partial charge in [0.15, 0.2) is 0 Å². The number of hydrogen-bond donors (Lipinski definition) is 1. The van der Waals surface area contributed by atoms with Crippen LogP contribution in [0.2, 0.25) is 0 Å². The topological polar surface area (TPSA) is 21.3 Å². The summed E-state index contributed by atoms with van der Waals surface area (Å²) in [5, 5.41) is 3.56. The van der Waals surface area contributed by atoms with Gasteiger partial charge in [-0.25, -0.2) is 0 Å². The summed E-state index contributed by atoms with van der Waals surface area (Å²) < 4.78 is 5.40. The van der Waals surface area contributed by atoms with Gasteiger partial charge in [0.05, 0.1) is 13.2 Å². The first-order valence-corrected chi connectivity index (χ1v) is 5.81. The summed E-state index contributed by atoms with van der Waals surface area (Å²) >= 11 is 0.